The maximum absolute atomic E-state index is 13.2. The van der Waals surface area contributed by atoms with Gasteiger partial charge in [-0.1, -0.05) is 15.9 Å². The van der Waals surface area contributed by atoms with Gasteiger partial charge in [0.2, 0.25) is 0 Å². The lowest BCUT2D eigenvalue weighted by atomic mass is 10.1. The molecule has 4 rings (SSSR count). The van der Waals surface area contributed by atoms with Crippen LogP contribution in [-0.2, 0) is 4.74 Å². The van der Waals surface area contributed by atoms with Crippen molar-refractivity contribution in [3.63, 3.8) is 0 Å². The van der Waals surface area contributed by atoms with Crippen LogP contribution < -0.4 is 10.2 Å². The first-order valence-corrected chi connectivity index (χ1v) is 11.1. The Morgan fingerprint density at radius 1 is 1.14 bits per heavy atom. The molecule has 0 atom stereocenters. The summed E-state index contributed by atoms with van der Waals surface area (Å²) in [6.07, 6.45) is 0. The van der Waals surface area contributed by atoms with E-state index in [1.54, 1.807) is 0 Å². The van der Waals surface area contributed by atoms with Crippen molar-refractivity contribution in [1.82, 2.24) is 9.97 Å². The Morgan fingerprint density at radius 3 is 2.45 bits per heavy atom. The predicted octanol–water partition coefficient (Wildman–Crippen LogP) is 4.78. The molecule has 152 valence electrons. The number of hydrogen-bond acceptors (Lipinski definition) is 6. The zero-order valence-corrected chi connectivity index (χ0v) is 19.3. The molecule has 3 aromatic rings. The lowest BCUT2D eigenvalue weighted by Crippen LogP contribution is -2.37. The minimum Gasteiger partial charge on any atom is -0.378 e. The fourth-order valence-electron chi connectivity index (χ4n) is 3.72. The summed E-state index contributed by atoms with van der Waals surface area (Å²) in [5, 5.41) is 4.08. The predicted molar refractivity (Wildman–Crippen MR) is 121 cm³/mol. The molecule has 1 N–H and O–H groups in total. The number of nitrogens with one attached hydrogen (secondary N) is 1. The third-order valence-corrected chi connectivity index (χ3v) is 6.78. The van der Waals surface area contributed by atoms with Gasteiger partial charge in [0, 0.05) is 23.2 Å². The Hall–Kier alpha value is -2.03. The molecule has 1 fully saturated rings. The summed E-state index contributed by atoms with van der Waals surface area (Å²) >= 11 is 4.93. The largest absolute Gasteiger partial charge is 0.378 e. The Morgan fingerprint density at radius 2 is 1.79 bits per heavy atom. The molecule has 0 spiro atoms. The SMILES string of the molecule is Cc1nc(N2CCOCC2)c2c(C)c(C(=O)Nc3c(C)cc(Br)cc3C)sc2n1. The van der Waals surface area contributed by atoms with Crippen LogP contribution in [0.15, 0.2) is 16.6 Å². The number of benzene rings is 1. The van der Waals surface area contributed by atoms with Crippen LogP contribution in [0.1, 0.15) is 32.2 Å². The molecule has 1 aromatic carbocycles. The second-order valence-electron chi connectivity index (χ2n) is 7.30. The number of amides is 1. The van der Waals surface area contributed by atoms with Crippen molar-refractivity contribution in [2.24, 2.45) is 0 Å². The van der Waals surface area contributed by atoms with E-state index in [9.17, 15) is 4.79 Å². The van der Waals surface area contributed by atoms with Gasteiger partial charge in [-0.3, -0.25) is 4.79 Å². The first-order chi connectivity index (χ1) is 13.8. The second kappa shape index (κ2) is 8.01. The number of hydrogen-bond donors (Lipinski definition) is 1. The van der Waals surface area contributed by atoms with E-state index < -0.39 is 0 Å². The molecule has 29 heavy (non-hydrogen) atoms. The Balaban J connectivity index is 1.75. The van der Waals surface area contributed by atoms with Crippen LogP contribution in [0.4, 0.5) is 11.5 Å². The van der Waals surface area contributed by atoms with E-state index in [0.29, 0.717) is 23.9 Å². The highest BCUT2D eigenvalue weighted by atomic mass is 79.9. The van der Waals surface area contributed by atoms with Gasteiger partial charge in [0.05, 0.1) is 23.5 Å². The molecule has 0 saturated carbocycles. The third kappa shape index (κ3) is 3.89. The van der Waals surface area contributed by atoms with Gasteiger partial charge in [-0.15, -0.1) is 11.3 Å². The maximum Gasteiger partial charge on any atom is 0.266 e. The molecule has 0 bridgehead atoms. The van der Waals surface area contributed by atoms with Gasteiger partial charge >= 0.3 is 0 Å². The average molecular weight is 475 g/mol. The highest BCUT2D eigenvalue weighted by Gasteiger charge is 2.24. The van der Waals surface area contributed by atoms with Crippen LogP contribution in [-0.4, -0.2) is 42.2 Å². The number of fused-ring (bicyclic) bond motifs is 1. The smallest absolute Gasteiger partial charge is 0.266 e. The van der Waals surface area contributed by atoms with Crippen molar-refractivity contribution in [3.05, 3.63) is 44.0 Å². The molecular weight excluding hydrogens is 452 g/mol. The number of halogens is 1. The molecule has 8 heteroatoms. The van der Waals surface area contributed by atoms with Gasteiger partial charge in [0.25, 0.3) is 5.91 Å². The number of carbonyl (C=O) groups is 1. The van der Waals surface area contributed by atoms with Gasteiger partial charge in [0.15, 0.2) is 0 Å². The van der Waals surface area contributed by atoms with Crippen LogP contribution in [0.3, 0.4) is 0 Å². The Kier molecular flexibility index (Phi) is 5.59. The summed E-state index contributed by atoms with van der Waals surface area (Å²) in [6, 6.07) is 4.01. The monoisotopic (exact) mass is 474 g/mol. The van der Waals surface area contributed by atoms with Crippen LogP contribution in [0.25, 0.3) is 10.2 Å². The summed E-state index contributed by atoms with van der Waals surface area (Å²) in [6.45, 7) is 10.8. The minimum absolute atomic E-state index is 0.107. The van der Waals surface area contributed by atoms with Crippen molar-refractivity contribution < 1.29 is 9.53 Å². The van der Waals surface area contributed by atoms with Crippen LogP contribution in [0, 0.1) is 27.7 Å². The number of thiophene rings is 1. The van der Waals surface area contributed by atoms with Crippen LogP contribution in [0.5, 0.6) is 0 Å². The van der Waals surface area contributed by atoms with Gasteiger partial charge in [-0.25, -0.2) is 9.97 Å². The summed E-state index contributed by atoms with van der Waals surface area (Å²) in [5.74, 6) is 1.51. The second-order valence-corrected chi connectivity index (χ2v) is 9.21. The normalized spacial score (nSPS) is 14.4. The zero-order chi connectivity index (χ0) is 20.7. The minimum atomic E-state index is -0.107. The molecule has 1 aliphatic heterocycles. The van der Waals surface area contributed by atoms with E-state index in [-0.39, 0.29) is 5.91 Å². The highest BCUT2D eigenvalue weighted by molar-refractivity contribution is 9.10. The molecule has 0 unspecified atom stereocenters. The summed E-state index contributed by atoms with van der Waals surface area (Å²) in [4.78, 5) is 26.3. The average Bonchev–Trinajstić information content (AvgIpc) is 3.01. The van der Waals surface area contributed by atoms with Gasteiger partial charge in [0.1, 0.15) is 16.5 Å². The van der Waals surface area contributed by atoms with E-state index in [4.69, 9.17) is 9.72 Å². The Bertz CT molecular complexity index is 1080. The Labute approximate surface area is 182 Å². The topological polar surface area (TPSA) is 67.4 Å². The number of ether oxygens (including phenoxy) is 1. The highest BCUT2D eigenvalue weighted by Crippen LogP contribution is 2.36. The number of aryl methyl sites for hydroxylation is 4. The molecule has 6 nitrogen and oxygen atoms in total. The van der Waals surface area contributed by atoms with E-state index in [2.05, 4.69) is 31.1 Å². The van der Waals surface area contributed by atoms with Crippen molar-refractivity contribution >= 4 is 54.9 Å². The summed E-state index contributed by atoms with van der Waals surface area (Å²) in [7, 11) is 0. The van der Waals surface area contributed by atoms with E-state index in [0.717, 1.165) is 56.0 Å². The lowest BCUT2D eigenvalue weighted by Gasteiger charge is -2.28. The first-order valence-electron chi connectivity index (χ1n) is 9.53. The van der Waals surface area contributed by atoms with Gasteiger partial charge in [-0.2, -0.15) is 0 Å². The molecular formula is C21H23BrN4O2S. The molecule has 1 saturated heterocycles. The lowest BCUT2D eigenvalue weighted by molar-refractivity contribution is 0.103. The van der Waals surface area contributed by atoms with Gasteiger partial charge in [-0.05, 0) is 56.5 Å². The van der Waals surface area contributed by atoms with Crippen LogP contribution in [0.2, 0.25) is 0 Å². The third-order valence-electron chi connectivity index (χ3n) is 5.14. The fourth-order valence-corrected chi connectivity index (χ4v) is 5.52. The maximum atomic E-state index is 13.2. The van der Waals surface area contributed by atoms with Crippen molar-refractivity contribution in [3.8, 4) is 0 Å². The molecule has 1 amide bonds. The number of anilines is 2. The van der Waals surface area contributed by atoms with E-state index in [1.807, 2.05) is 39.8 Å². The van der Waals surface area contributed by atoms with E-state index in [1.165, 1.54) is 11.3 Å². The standard InChI is InChI=1S/C21H23BrN4O2S/c1-11-9-15(22)10-12(2)17(11)25-20(27)18-13(3)16-19(26-5-7-28-8-6-26)23-14(4)24-21(16)29-18/h9-10H,5-8H2,1-4H3,(H,25,27). The molecule has 2 aromatic heterocycles. The number of aromatic nitrogens is 2. The number of carbonyl (C=O) groups excluding carboxylic acids is 1. The van der Waals surface area contributed by atoms with Crippen molar-refractivity contribution in [2.45, 2.75) is 27.7 Å². The summed E-state index contributed by atoms with van der Waals surface area (Å²) in [5.41, 5.74) is 3.82. The molecule has 0 radical (unpaired) electrons. The van der Waals surface area contributed by atoms with Crippen molar-refractivity contribution in [2.75, 3.05) is 36.5 Å². The number of rotatable bonds is 3. The molecule has 3 heterocycles. The molecule has 1 aliphatic rings. The quantitative estimate of drug-likeness (QED) is 0.591. The zero-order valence-electron chi connectivity index (χ0n) is 16.9. The van der Waals surface area contributed by atoms with Crippen molar-refractivity contribution in [1.29, 1.82) is 0 Å². The van der Waals surface area contributed by atoms with Crippen LogP contribution >= 0.6 is 27.3 Å². The summed E-state index contributed by atoms with van der Waals surface area (Å²) < 4.78 is 6.49. The first kappa shape index (κ1) is 20.3. The van der Waals surface area contributed by atoms with Gasteiger partial charge < -0.3 is 15.0 Å². The number of nitrogens with zero attached hydrogens (tertiary/aromatic N) is 3. The fraction of sp³-hybridized carbons (Fsp3) is 0.381. The number of morpholine rings is 1. The molecule has 0 aliphatic carbocycles. The van der Waals surface area contributed by atoms with E-state index >= 15 is 0 Å².